The Morgan fingerprint density at radius 2 is 1.40 bits per heavy atom. The Labute approximate surface area is 196 Å². The van der Waals surface area contributed by atoms with Crippen LogP contribution in [0.25, 0.3) is 10.8 Å². The first-order chi connectivity index (χ1) is 12.8. The van der Waals surface area contributed by atoms with Crippen LogP contribution in [-0.2, 0) is 21.7 Å². The van der Waals surface area contributed by atoms with Crippen LogP contribution in [-0.4, -0.2) is 0 Å². The van der Waals surface area contributed by atoms with Gasteiger partial charge in [-0.3, -0.25) is 6.08 Å². The number of rotatable bonds is 2. The van der Waals surface area contributed by atoms with Crippen molar-refractivity contribution in [2.75, 3.05) is 0 Å². The summed E-state index contributed by atoms with van der Waals surface area (Å²) < 4.78 is 0. The molecule has 156 valence electrons. The van der Waals surface area contributed by atoms with Gasteiger partial charge in [0.1, 0.15) is 0 Å². The second-order valence-corrected chi connectivity index (χ2v) is 9.23. The van der Waals surface area contributed by atoms with E-state index in [1.165, 1.54) is 43.7 Å². The Balaban J connectivity index is 0.000000569. The average molecular weight is 458 g/mol. The fourth-order valence-corrected chi connectivity index (χ4v) is 4.89. The second kappa shape index (κ2) is 11.8. The SMILES string of the molecule is CC1=[C-]C(C)(C)C(C)=C1C.Cc1[cH-]c2ccccc2c1Pc1ccccc1.[F-].[F-].[Ti+4]. The third-order valence-electron chi connectivity index (χ3n) is 5.60. The molecule has 0 N–H and O–H groups in total. The van der Waals surface area contributed by atoms with Crippen LogP contribution in [0.1, 0.15) is 40.2 Å². The van der Waals surface area contributed by atoms with Crippen molar-refractivity contribution < 1.29 is 31.1 Å². The van der Waals surface area contributed by atoms with E-state index in [0.29, 0.717) is 0 Å². The van der Waals surface area contributed by atoms with Crippen LogP contribution in [0.4, 0.5) is 0 Å². The van der Waals surface area contributed by atoms with Crippen molar-refractivity contribution in [3.05, 3.63) is 89.0 Å². The Kier molecular flexibility index (Phi) is 11.2. The maximum atomic E-state index is 3.44. The van der Waals surface area contributed by atoms with Crippen molar-refractivity contribution in [3.63, 3.8) is 0 Å². The summed E-state index contributed by atoms with van der Waals surface area (Å²) in [4.78, 5) is 0. The zero-order valence-corrected chi connectivity index (χ0v) is 21.1. The van der Waals surface area contributed by atoms with Gasteiger partial charge in [0.25, 0.3) is 0 Å². The molecule has 0 aromatic heterocycles. The summed E-state index contributed by atoms with van der Waals surface area (Å²) in [7, 11) is 0.754. The van der Waals surface area contributed by atoms with Crippen molar-refractivity contribution in [1.82, 2.24) is 0 Å². The first-order valence-electron chi connectivity index (χ1n) is 9.57. The molecule has 1 unspecified atom stereocenters. The fourth-order valence-electron chi connectivity index (χ4n) is 3.61. The van der Waals surface area contributed by atoms with E-state index in [0.717, 1.165) is 8.58 Å². The van der Waals surface area contributed by atoms with E-state index in [-0.39, 0.29) is 36.5 Å². The second-order valence-electron chi connectivity index (χ2n) is 7.91. The van der Waals surface area contributed by atoms with Gasteiger partial charge in [0.15, 0.2) is 0 Å². The Hall–Kier alpha value is -1.47. The molecule has 0 saturated heterocycles. The Morgan fingerprint density at radius 1 is 0.833 bits per heavy atom. The Bertz CT molecular complexity index is 1010. The molecule has 4 rings (SSSR count). The van der Waals surface area contributed by atoms with Crippen LogP contribution in [0.3, 0.4) is 0 Å². The third kappa shape index (κ3) is 6.27. The van der Waals surface area contributed by atoms with Crippen LogP contribution in [0.2, 0.25) is 0 Å². The molecule has 0 bridgehead atoms. The molecule has 0 heterocycles. The number of allylic oxidation sites excluding steroid dienone is 4. The maximum absolute atomic E-state index is 3.44. The minimum Gasteiger partial charge on any atom is -1.00 e. The van der Waals surface area contributed by atoms with E-state index in [4.69, 9.17) is 0 Å². The molecule has 0 spiro atoms. The van der Waals surface area contributed by atoms with Crippen LogP contribution in [0, 0.1) is 18.4 Å². The van der Waals surface area contributed by atoms with E-state index in [1.807, 2.05) is 0 Å². The zero-order chi connectivity index (χ0) is 19.6. The number of hydrogen-bond donors (Lipinski definition) is 0. The van der Waals surface area contributed by atoms with Crippen LogP contribution in [0.15, 0.2) is 77.4 Å². The molecule has 30 heavy (non-hydrogen) atoms. The minimum atomic E-state index is 0. The summed E-state index contributed by atoms with van der Waals surface area (Å²) in [5.74, 6) is 0. The predicted octanol–water partition coefficient (Wildman–Crippen LogP) is 0.614. The predicted molar refractivity (Wildman–Crippen MR) is 123 cm³/mol. The normalized spacial score (nSPS) is 14.4. The van der Waals surface area contributed by atoms with Crippen LogP contribution >= 0.6 is 8.58 Å². The standard InChI is InChI=1S/C16H14P.C10H15.2FH.Ti/c1-12-11-13-7-5-6-10-15(13)16(12)17-14-8-3-2-4-9-14;1-7-6-10(4,5)9(3)8(7)2;;;/h2-11,17H,1H3;1-5H3;2*1H;/q2*-1;;;+4/p-2. The third-order valence-corrected chi connectivity index (χ3v) is 7.14. The molecule has 3 aromatic carbocycles. The summed E-state index contributed by atoms with van der Waals surface area (Å²) in [5, 5.41) is 5.68. The molecule has 0 saturated carbocycles. The number of benzene rings is 2. The quantitative estimate of drug-likeness (QED) is 0.300. The molecule has 1 aliphatic rings. The topological polar surface area (TPSA) is 0 Å². The van der Waals surface area contributed by atoms with Gasteiger partial charge >= 0.3 is 21.7 Å². The fraction of sp³-hybridized carbons (Fsp3) is 0.269. The molecular weight excluding hydrogens is 429 g/mol. The smallest absolute Gasteiger partial charge is 1.00 e. The molecule has 0 fully saturated rings. The number of halogens is 2. The Morgan fingerprint density at radius 3 is 1.90 bits per heavy atom. The zero-order valence-electron chi connectivity index (χ0n) is 18.5. The van der Waals surface area contributed by atoms with E-state index in [9.17, 15) is 0 Å². The van der Waals surface area contributed by atoms with Gasteiger partial charge in [-0.2, -0.15) is 11.1 Å². The molecule has 1 atom stereocenters. The van der Waals surface area contributed by atoms with Crippen molar-refractivity contribution in [3.8, 4) is 0 Å². The first-order valence-corrected chi connectivity index (χ1v) is 10.6. The summed E-state index contributed by atoms with van der Waals surface area (Å²) in [5.41, 5.74) is 5.81. The summed E-state index contributed by atoms with van der Waals surface area (Å²) >= 11 is 0. The van der Waals surface area contributed by atoms with E-state index < -0.39 is 0 Å². The molecule has 0 aliphatic heterocycles. The molecule has 0 radical (unpaired) electrons. The van der Waals surface area contributed by atoms with Gasteiger partial charge in [-0.1, -0.05) is 76.4 Å². The van der Waals surface area contributed by atoms with Crippen LogP contribution in [0.5, 0.6) is 0 Å². The van der Waals surface area contributed by atoms with Crippen LogP contribution < -0.4 is 20.0 Å². The average Bonchev–Trinajstić information content (AvgIpc) is 3.05. The van der Waals surface area contributed by atoms with Crippen molar-refractivity contribution in [1.29, 1.82) is 0 Å². The van der Waals surface area contributed by atoms with Crippen molar-refractivity contribution in [2.45, 2.75) is 41.5 Å². The molecule has 0 nitrogen and oxygen atoms in total. The van der Waals surface area contributed by atoms with Gasteiger partial charge in [-0.05, 0) is 5.30 Å². The largest absolute Gasteiger partial charge is 4.00 e. The molecule has 3 aromatic rings. The van der Waals surface area contributed by atoms with Gasteiger partial charge < -0.3 is 9.41 Å². The van der Waals surface area contributed by atoms with E-state index in [2.05, 4.69) is 108 Å². The summed E-state index contributed by atoms with van der Waals surface area (Å²) in [6.45, 7) is 13.1. The summed E-state index contributed by atoms with van der Waals surface area (Å²) in [6.07, 6.45) is 3.44. The van der Waals surface area contributed by atoms with Gasteiger partial charge in [0, 0.05) is 0 Å². The monoisotopic (exact) mass is 458 g/mol. The van der Waals surface area contributed by atoms with E-state index in [1.54, 1.807) is 0 Å². The van der Waals surface area contributed by atoms with E-state index >= 15 is 0 Å². The molecule has 0 amide bonds. The molecule has 1 aliphatic carbocycles. The van der Waals surface area contributed by atoms with Gasteiger partial charge in [0.2, 0.25) is 0 Å². The number of hydrogen-bond acceptors (Lipinski definition) is 0. The first kappa shape index (κ1) is 28.5. The summed E-state index contributed by atoms with van der Waals surface area (Å²) in [6, 6.07) is 21.7. The maximum Gasteiger partial charge on any atom is 4.00 e. The number of fused-ring (bicyclic) bond motifs is 1. The van der Waals surface area contributed by atoms with Gasteiger partial charge in [-0.25, -0.2) is 5.57 Å². The number of aryl methyl sites for hydroxylation is 1. The minimum absolute atomic E-state index is 0. The van der Waals surface area contributed by atoms with Gasteiger partial charge in [-0.15, -0.1) is 61.4 Å². The molecule has 4 heteroatoms. The van der Waals surface area contributed by atoms with Gasteiger partial charge in [0.05, 0.1) is 0 Å². The molecular formula is C26H29F2PTi. The van der Waals surface area contributed by atoms with Crippen molar-refractivity contribution >= 4 is 30.0 Å². The van der Waals surface area contributed by atoms with Crippen molar-refractivity contribution in [2.24, 2.45) is 5.41 Å².